The molecule has 0 bridgehead atoms. The Morgan fingerprint density at radius 2 is 1.96 bits per heavy atom. The van der Waals surface area contributed by atoms with Crippen molar-refractivity contribution in [2.24, 2.45) is 7.05 Å². The molecular formula is C17H20ClN3O4. The van der Waals surface area contributed by atoms with Crippen molar-refractivity contribution in [3.8, 4) is 5.75 Å². The summed E-state index contributed by atoms with van der Waals surface area (Å²) in [7, 11) is 1.53. The Balaban J connectivity index is 2.17. The molecule has 2 N–H and O–H groups in total. The summed E-state index contributed by atoms with van der Waals surface area (Å²) in [6.07, 6.45) is 0.520. The first-order chi connectivity index (χ1) is 11.7. The van der Waals surface area contributed by atoms with E-state index in [0.717, 1.165) is 0 Å². The van der Waals surface area contributed by atoms with Crippen molar-refractivity contribution < 1.29 is 15.0 Å². The summed E-state index contributed by atoms with van der Waals surface area (Å²) in [5.74, 6) is -0.162. The maximum Gasteiger partial charge on any atom is 0.257 e. The van der Waals surface area contributed by atoms with Crippen molar-refractivity contribution in [2.45, 2.75) is 32.3 Å². The number of halogens is 1. The van der Waals surface area contributed by atoms with Gasteiger partial charge in [-0.2, -0.15) is 0 Å². The lowest BCUT2D eigenvalue weighted by Crippen LogP contribution is -2.47. The van der Waals surface area contributed by atoms with Crippen LogP contribution in [-0.4, -0.2) is 43.7 Å². The fourth-order valence-corrected chi connectivity index (χ4v) is 3.68. The van der Waals surface area contributed by atoms with Crippen molar-refractivity contribution >= 4 is 28.4 Å². The molecule has 0 radical (unpaired) electrons. The molecule has 25 heavy (non-hydrogen) atoms. The number of aryl methyl sites for hydroxylation is 2. The number of pyridine rings is 2. The molecule has 0 spiro atoms. The molecule has 3 rings (SSSR count). The molecule has 0 atom stereocenters. The zero-order chi connectivity index (χ0) is 18.5. The minimum atomic E-state index is -1.35. The minimum absolute atomic E-state index is 0.0545. The molecule has 0 aliphatic carbocycles. The molecule has 1 fully saturated rings. The third-order valence-electron chi connectivity index (χ3n) is 5.01. The summed E-state index contributed by atoms with van der Waals surface area (Å²) < 4.78 is 1.29. The van der Waals surface area contributed by atoms with Crippen LogP contribution in [0.15, 0.2) is 10.9 Å². The lowest BCUT2D eigenvalue weighted by Gasteiger charge is -2.38. The number of aliphatic hydroxyl groups is 1. The van der Waals surface area contributed by atoms with Gasteiger partial charge < -0.3 is 19.7 Å². The van der Waals surface area contributed by atoms with E-state index >= 15 is 0 Å². The van der Waals surface area contributed by atoms with Gasteiger partial charge in [0.15, 0.2) is 5.75 Å². The summed E-state index contributed by atoms with van der Waals surface area (Å²) in [6, 6.07) is 1.51. The van der Waals surface area contributed by atoms with E-state index in [1.165, 1.54) is 24.6 Å². The number of piperidine rings is 1. The standard InChI is InChI=1S/C17H20ClN3O4/c1-9-14(23)13-11(15(18)19-9)8-12(16(24)20(13)3)17(25)4-6-21(7-5-17)10(2)22/h8,23,25H,4-7H2,1-3H3. The van der Waals surface area contributed by atoms with Crippen LogP contribution in [0.3, 0.4) is 0 Å². The van der Waals surface area contributed by atoms with Gasteiger partial charge in [-0.25, -0.2) is 4.98 Å². The number of hydrogen-bond acceptors (Lipinski definition) is 5. The summed E-state index contributed by atoms with van der Waals surface area (Å²) >= 11 is 6.21. The fraction of sp³-hybridized carbons (Fsp3) is 0.471. The number of amides is 1. The van der Waals surface area contributed by atoms with Crippen LogP contribution >= 0.6 is 11.6 Å². The number of hydrogen-bond donors (Lipinski definition) is 2. The van der Waals surface area contributed by atoms with Gasteiger partial charge in [0.05, 0.1) is 16.8 Å². The van der Waals surface area contributed by atoms with Crippen molar-refractivity contribution in [2.75, 3.05) is 13.1 Å². The zero-order valence-electron chi connectivity index (χ0n) is 14.3. The topological polar surface area (TPSA) is 95.7 Å². The first kappa shape index (κ1) is 17.7. The van der Waals surface area contributed by atoms with Gasteiger partial charge in [0.1, 0.15) is 5.15 Å². The largest absolute Gasteiger partial charge is 0.504 e. The van der Waals surface area contributed by atoms with Gasteiger partial charge in [0.25, 0.3) is 5.56 Å². The van der Waals surface area contributed by atoms with Crippen LogP contribution in [0, 0.1) is 6.92 Å². The molecule has 134 valence electrons. The Morgan fingerprint density at radius 3 is 2.52 bits per heavy atom. The lowest BCUT2D eigenvalue weighted by molar-refractivity contribution is -0.133. The molecule has 0 aromatic carbocycles. The number of carbonyl (C=O) groups excluding carboxylic acids is 1. The number of nitrogens with zero attached hydrogens (tertiary/aromatic N) is 3. The Morgan fingerprint density at radius 1 is 1.36 bits per heavy atom. The Hall–Kier alpha value is -2.12. The van der Waals surface area contributed by atoms with Crippen molar-refractivity contribution in [1.29, 1.82) is 0 Å². The average molecular weight is 366 g/mol. The smallest absolute Gasteiger partial charge is 0.257 e. The van der Waals surface area contributed by atoms with Crippen LogP contribution in [0.4, 0.5) is 0 Å². The predicted molar refractivity (Wildman–Crippen MR) is 93.8 cm³/mol. The second-order valence-corrected chi connectivity index (χ2v) is 6.92. The second-order valence-electron chi connectivity index (χ2n) is 6.56. The van der Waals surface area contributed by atoms with Crippen LogP contribution in [0.5, 0.6) is 5.75 Å². The molecule has 0 saturated carbocycles. The number of rotatable bonds is 1. The Kier molecular flexibility index (Phi) is 4.25. The van der Waals surface area contributed by atoms with Crippen molar-refractivity contribution in [1.82, 2.24) is 14.5 Å². The van der Waals surface area contributed by atoms with Gasteiger partial charge in [0.2, 0.25) is 5.91 Å². The molecule has 1 amide bonds. The average Bonchev–Trinajstić information content (AvgIpc) is 2.55. The Labute approximate surface area is 149 Å². The molecule has 0 unspecified atom stereocenters. The summed E-state index contributed by atoms with van der Waals surface area (Å²) in [4.78, 5) is 30.0. The normalized spacial score (nSPS) is 17.1. The number of carbonyl (C=O) groups is 1. The maximum atomic E-state index is 12.8. The number of fused-ring (bicyclic) bond motifs is 1. The van der Waals surface area contributed by atoms with E-state index in [1.807, 2.05) is 0 Å². The van der Waals surface area contributed by atoms with E-state index in [1.54, 1.807) is 11.8 Å². The van der Waals surface area contributed by atoms with E-state index in [9.17, 15) is 19.8 Å². The number of likely N-dealkylation sites (tertiary alicyclic amines) is 1. The van der Waals surface area contributed by atoms with Gasteiger partial charge in [-0.15, -0.1) is 0 Å². The molecule has 3 heterocycles. The van der Waals surface area contributed by atoms with Gasteiger partial charge in [-0.05, 0) is 25.8 Å². The van der Waals surface area contributed by atoms with E-state index in [0.29, 0.717) is 24.2 Å². The highest BCUT2D eigenvalue weighted by atomic mass is 35.5. The molecule has 1 aliphatic rings. The highest BCUT2D eigenvalue weighted by Crippen LogP contribution is 2.36. The third-order valence-corrected chi connectivity index (χ3v) is 5.29. The molecule has 1 saturated heterocycles. The minimum Gasteiger partial charge on any atom is -0.504 e. The first-order valence-corrected chi connectivity index (χ1v) is 8.40. The number of aromatic nitrogens is 2. The Bertz CT molecular complexity index is 930. The van der Waals surface area contributed by atoms with Gasteiger partial charge in [0, 0.05) is 38.0 Å². The first-order valence-electron chi connectivity index (χ1n) is 8.03. The maximum absolute atomic E-state index is 12.8. The summed E-state index contributed by atoms with van der Waals surface area (Å²) in [6.45, 7) is 3.83. The highest BCUT2D eigenvalue weighted by Gasteiger charge is 2.37. The van der Waals surface area contributed by atoms with Crippen LogP contribution in [0.1, 0.15) is 31.0 Å². The summed E-state index contributed by atoms with van der Waals surface area (Å²) in [5.41, 5.74) is -0.927. The number of aromatic hydroxyl groups is 1. The third kappa shape index (κ3) is 2.77. The van der Waals surface area contributed by atoms with E-state index in [4.69, 9.17) is 11.6 Å². The van der Waals surface area contributed by atoms with Gasteiger partial charge in [-0.1, -0.05) is 11.6 Å². The second kappa shape index (κ2) is 6.00. The SMILES string of the molecule is CC(=O)N1CCC(O)(c2cc3c(Cl)nc(C)c(O)c3n(C)c2=O)CC1. The van der Waals surface area contributed by atoms with Gasteiger partial charge >= 0.3 is 0 Å². The van der Waals surface area contributed by atoms with Crippen LogP contribution < -0.4 is 5.56 Å². The van der Waals surface area contributed by atoms with Crippen LogP contribution in [-0.2, 0) is 17.4 Å². The molecule has 1 aliphatic heterocycles. The van der Waals surface area contributed by atoms with Gasteiger partial charge in [-0.3, -0.25) is 9.59 Å². The predicted octanol–water partition coefficient (Wildman–Crippen LogP) is 1.43. The van der Waals surface area contributed by atoms with Crippen molar-refractivity contribution in [3.63, 3.8) is 0 Å². The highest BCUT2D eigenvalue weighted by molar-refractivity contribution is 6.34. The quantitative estimate of drug-likeness (QED) is 0.745. The molecule has 8 heteroatoms. The van der Waals surface area contributed by atoms with E-state index in [2.05, 4.69) is 4.98 Å². The monoisotopic (exact) mass is 365 g/mol. The van der Waals surface area contributed by atoms with E-state index < -0.39 is 11.2 Å². The van der Waals surface area contributed by atoms with Crippen LogP contribution in [0.25, 0.3) is 10.9 Å². The molecular weight excluding hydrogens is 346 g/mol. The molecule has 7 nitrogen and oxygen atoms in total. The van der Waals surface area contributed by atoms with Crippen LogP contribution in [0.2, 0.25) is 5.15 Å². The van der Waals surface area contributed by atoms with E-state index in [-0.39, 0.29) is 40.7 Å². The zero-order valence-corrected chi connectivity index (χ0v) is 15.1. The fourth-order valence-electron chi connectivity index (χ4n) is 3.41. The van der Waals surface area contributed by atoms with Crippen molar-refractivity contribution in [3.05, 3.63) is 32.8 Å². The molecule has 2 aromatic rings. The molecule has 2 aromatic heterocycles. The summed E-state index contributed by atoms with van der Waals surface area (Å²) in [5, 5.41) is 21.9. The lowest BCUT2D eigenvalue weighted by atomic mass is 9.84.